The largest absolute Gasteiger partial charge is 0.476 e. The number of alkyl halides is 3. The number of aryl methyl sites for hydroxylation is 1. The molecule has 41 heavy (non-hydrogen) atoms. The van der Waals surface area contributed by atoms with Crippen LogP contribution < -0.4 is 5.32 Å². The molecule has 2 aliphatic rings. The second-order valence-electron chi connectivity index (χ2n) is 11.7. The Balaban J connectivity index is 1.56. The third kappa shape index (κ3) is 4.93. The van der Waals surface area contributed by atoms with Crippen molar-refractivity contribution in [2.75, 3.05) is 5.32 Å². The summed E-state index contributed by atoms with van der Waals surface area (Å²) >= 11 is 0. The Morgan fingerprint density at radius 2 is 1.85 bits per heavy atom. The van der Waals surface area contributed by atoms with Crippen molar-refractivity contribution in [2.45, 2.75) is 77.1 Å². The first-order chi connectivity index (χ1) is 19.5. The number of hydrogen-bond acceptors (Lipinski definition) is 5. The van der Waals surface area contributed by atoms with Crippen molar-refractivity contribution >= 4 is 22.8 Å². The zero-order valence-electron chi connectivity index (χ0n) is 23.2. The minimum Gasteiger partial charge on any atom is -0.476 e. The van der Waals surface area contributed by atoms with E-state index in [-0.39, 0.29) is 23.7 Å². The molecule has 2 aliphatic carbocycles. The van der Waals surface area contributed by atoms with E-state index in [2.05, 4.69) is 29.1 Å². The molecular formula is C31H32F3N5O2. The van der Waals surface area contributed by atoms with Gasteiger partial charge in [-0.15, -0.1) is 0 Å². The van der Waals surface area contributed by atoms with Crippen LogP contribution >= 0.6 is 0 Å². The van der Waals surface area contributed by atoms with E-state index in [1.807, 2.05) is 16.7 Å². The summed E-state index contributed by atoms with van der Waals surface area (Å²) in [5.41, 5.74) is 2.94. The van der Waals surface area contributed by atoms with Crippen molar-refractivity contribution in [2.24, 2.45) is 5.92 Å². The van der Waals surface area contributed by atoms with E-state index >= 15 is 0 Å². The Morgan fingerprint density at radius 3 is 2.41 bits per heavy atom. The van der Waals surface area contributed by atoms with Crippen LogP contribution in [0, 0.1) is 12.8 Å². The number of nitrogens with one attached hydrogen (secondary N) is 1. The zero-order chi connectivity index (χ0) is 29.1. The molecule has 214 valence electrons. The number of benzene rings is 1. The monoisotopic (exact) mass is 563 g/mol. The number of imidazole rings is 1. The number of rotatable bonds is 8. The molecule has 0 amide bonds. The molecule has 0 unspecified atom stereocenters. The van der Waals surface area contributed by atoms with Gasteiger partial charge in [0.1, 0.15) is 11.2 Å². The van der Waals surface area contributed by atoms with E-state index in [0.29, 0.717) is 45.4 Å². The van der Waals surface area contributed by atoms with Gasteiger partial charge in [-0.05, 0) is 79.8 Å². The fourth-order valence-electron chi connectivity index (χ4n) is 5.84. The maximum absolute atomic E-state index is 13.3. The second kappa shape index (κ2) is 9.85. The van der Waals surface area contributed by atoms with Crippen LogP contribution in [0.5, 0.6) is 0 Å². The molecule has 0 saturated heterocycles. The number of carboxylic acid groups (broad SMARTS) is 1. The highest BCUT2D eigenvalue weighted by atomic mass is 19.4. The van der Waals surface area contributed by atoms with Crippen LogP contribution in [0.3, 0.4) is 0 Å². The minimum absolute atomic E-state index is 0.0703. The van der Waals surface area contributed by atoms with Crippen molar-refractivity contribution in [1.82, 2.24) is 19.5 Å². The summed E-state index contributed by atoms with van der Waals surface area (Å²) in [6.45, 7) is 6.05. The molecule has 2 saturated carbocycles. The van der Waals surface area contributed by atoms with Crippen molar-refractivity contribution in [3.63, 3.8) is 0 Å². The van der Waals surface area contributed by atoms with Gasteiger partial charge in [-0.25, -0.2) is 14.8 Å². The van der Waals surface area contributed by atoms with Crippen LogP contribution in [0.15, 0.2) is 42.6 Å². The molecule has 6 rings (SSSR count). The highest BCUT2D eigenvalue weighted by Gasteiger charge is 2.51. The fourth-order valence-corrected chi connectivity index (χ4v) is 5.84. The van der Waals surface area contributed by atoms with E-state index in [1.54, 1.807) is 13.1 Å². The first-order valence-corrected chi connectivity index (χ1v) is 14.0. The number of hydrogen-bond donors (Lipinski definition) is 2. The minimum atomic E-state index is -4.43. The van der Waals surface area contributed by atoms with Crippen LogP contribution in [0.1, 0.15) is 84.6 Å². The topological polar surface area (TPSA) is 92.9 Å². The Kier molecular flexibility index (Phi) is 6.54. The summed E-state index contributed by atoms with van der Waals surface area (Å²) < 4.78 is 41.7. The number of fused-ring (bicyclic) bond motifs is 1. The number of carboxylic acids is 1. The van der Waals surface area contributed by atoms with Crippen LogP contribution in [-0.2, 0) is 12.7 Å². The number of halogens is 3. The average Bonchev–Trinajstić information content (AvgIpc) is 3.54. The molecule has 0 aliphatic heterocycles. The summed E-state index contributed by atoms with van der Waals surface area (Å²) in [7, 11) is 0. The SMILES string of the molecule is Cc1c(C(=O)O)nc(NC2(C3CCC3)CC2)c2c1nc(-c1cc(C(C)C)ccn1)n2Cc1ccc(C(F)(F)F)cc1. The first-order valence-electron chi connectivity index (χ1n) is 14.0. The maximum Gasteiger partial charge on any atom is 0.416 e. The van der Waals surface area contributed by atoms with Gasteiger partial charge in [0.25, 0.3) is 0 Å². The highest BCUT2D eigenvalue weighted by molar-refractivity contribution is 5.99. The molecule has 3 aromatic heterocycles. The van der Waals surface area contributed by atoms with Crippen LogP contribution in [0.25, 0.3) is 22.6 Å². The molecule has 0 radical (unpaired) electrons. The fraction of sp³-hybridized carbons (Fsp3) is 0.419. The number of aromatic nitrogens is 4. The third-order valence-corrected chi connectivity index (χ3v) is 8.67. The van der Waals surface area contributed by atoms with E-state index in [1.165, 1.54) is 18.6 Å². The summed E-state index contributed by atoms with van der Waals surface area (Å²) in [4.78, 5) is 26.4. The Labute approximate surface area is 235 Å². The zero-order valence-corrected chi connectivity index (χ0v) is 23.2. The normalized spacial score (nSPS) is 16.7. The van der Waals surface area contributed by atoms with Crippen molar-refractivity contribution < 1.29 is 23.1 Å². The predicted molar refractivity (Wildman–Crippen MR) is 150 cm³/mol. The molecule has 2 fully saturated rings. The summed E-state index contributed by atoms with van der Waals surface area (Å²) in [5.74, 6) is 0.550. The van der Waals surface area contributed by atoms with Gasteiger partial charge >= 0.3 is 12.1 Å². The first kappa shape index (κ1) is 27.2. The lowest BCUT2D eigenvalue weighted by molar-refractivity contribution is -0.137. The third-order valence-electron chi connectivity index (χ3n) is 8.67. The molecule has 2 N–H and O–H groups in total. The number of nitrogens with zero attached hydrogens (tertiary/aromatic N) is 4. The molecule has 0 spiro atoms. The molecular weight excluding hydrogens is 531 g/mol. The highest BCUT2D eigenvalue weighted by Crippen LogP contribution is 2.53. The summed E-state index contributed by atoms with van der Waals surface area (Å²) in [6.07, 6.45) is 2.67. The van der Waals surface area contributed by atoms with Crippen LogP contribution in [0.4, 0.5) is 19.0 Å². The lowest BCUT2D eigenvalue weighted by Crippen LogP contribution is -2.36. The van der Waals surface area contributed by atoms with Crippen molar-refractivity contribution in [3.05, 3.63) is 70.5 Å². The Hall–Kier alpha value is -3.95. The predicted octanol–water partition coefficient (Wildman–Crippen LogP) is 7.44. The Morgan fingerprint density at radius 1 is 1.15 bits per heavy atom. The molecule has 0 bridgehead atoms. The lowest BCUT2D eigenvalue weighted by Gasteiger charge is -2.35. The molecule has 3 heterocycles. The second-order valence-corrected chi connectivity index (χ2v) is 11.7. The summed E-state index contributed by atoms with van der Waals surface area (Å²) in [6, 6.07) is 8.98. The molecule has 0 atom stereocenters. The van der Waals surface area contributed by atoms with Gasteiger partial charge < -0.3 is 15.0 Å². The quantitative estimate of drug-likeness (QED) is 0.232. The van der Waals surface area contributed by atoms with E-state index in [0.717, 1.165) is 43.4 Å². The number of carbonyl (C=O) groups is 1. The van der Waals surface area contributed by atoms with Gasteiger partial charge in [0, 0.05) is 23.8 Å². The number of anilines is 1. The standard InChI is InChI=1S/C31H32F3N5O2/c1-17(2)20-11-14-35-23(15-20)28-37-24-18(3)25(29(40)41)36-27(38-30(12-13-30)21-5-4-6-21)26(24)39(28)16-19-7-9-22(10-8-19)31(32,33)34/h7-11,14-15,17,21H,4-6,12-13,16H2,1-3H3,(H,36,38)(H,40,41). The Bertz CT molecular complexity index is 1630. The van der Waals surface area contributed by atoms with Gasteiger partial charge in [-0.1, -0.05) is 32.4 Å². The van der Waals surface area contributed by atoms with Crippen LogP contribution in [0.2, 0.25) is 0 Å². The van der Waals surface area contributed by atoms with Gasteiger partial charge in [0.15, 0.2) is 17.3 Å². The van der Waals surface area contributed by atoms with Crippen LogP contribution in [-0.4, -0.2) is 36.1 Å². The molecule has 10 heteroatoms. The van der Waals surface area contributed by atoms with E-state index < -0.39 is 17.7 Å². The van der Waals surface area contributed by atoms with Gasteiger partial charge in [-0.3, -0.25) is 4.98 Å². The number of pyridine rings is 2. The summed E-state index contributed by atoms with van der Waals surface area (Å²) in [5, 5.41) is 13.7. The lowest BCUT2D eigenvalue weighted by atomic mass is 9.78. The van der Waals surface area contributed by atoms with Crippen molar-refractivity contribution in [3.8, 4) is 11.5 Å². The van der Waals surface area contributed by atoms with Gasteiger partial charge in [0.2, 0.25) is 0 Å². The van der Waals surface area contributed by atoms with E-state index in [9.17, 15) is 23.1 Å². The average molecular weight is 564 g/mol. The smallest absolute Gasteiger partial charge is 0.416 e. The van der Waals surface area contributed by atoms with E-state index in [4.69, 9.17) is 4.98 Å². The number of aromatic carboxylic acids is 1. The molecule has 7 nitrogen and oxygen atoms in total. The molecule has 4 aromatic rings. The van der Waals surface area contributed by atoms with Gasteiger partial charge in [-0.2, -0.15) is 13.2 Å². The molecule has 1 aromatic carbocycles. The maximum atomic E-state index is 13.3. The van der Waals surface area contributed by atoms with Gasteiger partial charge in [0.05, 0.1) is 11.1 Å². The van der Waals surface area contributed by atoms with Crippen molar-refractivity contribution in [1.29, 1.82) is 0 Å².